The second-order valence-corrected chi connectivity index (χ2v) is 3.85. The third-order valence-electron chi connectivity index (χ3n) is 1.92. The molecule has 0 fully saturated rings. The van der Waals surface area contributed by atoms with E-state index in [1.54, 1.807) is 0 Å². The number of fused-ring (bicyclic) bond motifs is 1. The van der Waals surface area contributed by atoms with E-state index >= 15 is 0 Å². The van der Waals surface area contributed by atoms with Crippen molar-refractivity contribution in [3.63, 3.8) is 0 Å². The molecule has 1 N–H and O–H groups in total. The summed E-state index contributed by atoms with van der Waals surface area (Å²) in [5.74, 6) is 0. The van der Waals surface area contributed by atoms with Crippen LogP contribution in [0.2, 0.25) is 5.02 Å². The molecule has 0 aliphatic carbocycles. The normalized spacial score (nSPS) is 13.8. The van der Waals surface area contributed by atoms with Crippen molar-refractivity contribution in [1.82, 2.24) is 5.32 Å². The van der Waals surface area contributed by atoms with Crippen molar-refractivity contribution in [2.45, 2.75) is 13.1 Å². The van der Waals surface area contributed by atoms with Gasteiger partial charge in [0.2, 0.25) is 0 Å². The molecule has 1 aliphatic heterocycles. The molecule has 4 heteroatoms. The average Bonchev–Trinajstić information content (AvgIpc) is 2.45. The molecule has 1 aliphatic rings. The zero-order valence-corrected chi connectivity index (χ0v) is 9.39. The highest BCUT2D eigenvalue weighted by Crippen LogP contribution is 2.30. The van der Waals surface area contributed by atoms with Crippen molar-refractivity contribution < 1.29 is 0 Å². The summed E-state index contributed by atoms with van der Waals surface area (Å²) in [6.07, 6.45) is 0. The van der Waals surface area contributed by atoms with E-state index in [4.69, 9.17) is 11.6 Å². The molecule has 0 bridgehead atoms. The van der Waals surface area contributed by atoms with E-state index in [1.165, 1.54) is 11.1 Å². The van der Waals surface area contributed by atoms with Gasteiger partial charge in [0.05, 0.1) is 0 Å². The van der Waals surface area contributed by atoms with Gasteiger partial charge in [0.1, 0.15) is 0 Å². The van der Waals surface area contributed by atoms with Gasteiger partial charge in [-0.1, -0.05) is 27.5 Å². The third kappa shape index (κ3) is 1.62. The number of benzene rings is 1. The maximum Gasteiger partial charge on any atom is 0.0454 e. The Labute approximate surface area is 91.0 Å². The predicted octanol–water partition coefficient (Wildman–Crippen LogP) is 3.13. The van der Waals surface area contributed by atoms with E-state index < -0.39 is 0 Å². The maximum atomic E-state index is 5.98. The molecule has 12 heavy (non-hydrogen) atoms. The van der Waals surface area contributed by atoms with Crippen LogP contribution < -0.4 is 5.32 Å². The first-order valence-electron chi connectivity index (χ1n) is 3.45. The molecule has 2 rings (SSSR count). The van der Waals surface area contributed by atoms with Crippen molar-refractivity contribution >= 4 is 39.9 Å². The van der Waals surface area contributed by atoms with Crippen LogP contribution in [0.3, 0.4) is 0 Å². The molecule has 0 radical (unpaired) electrons. The second-order valence-electron chi connectivity index (χ2n) is 2.59. The first-order chi connectivity index (χ1) is 5.29. The van der Waals surface area contributed by atoms with E-state index in [0.29, 0.717) is 0 Å². The molecule has 0 saturated heterocycles. The van der Waals surface area contributed by atoms with Gasteiger partial charge in [0, 0.05) is 22.6 Å². The summed E-state index contributed by atoms with van der Waals surface area (Å²) in [6, 6.07) is 3.92. The summed E-state index contributed by atoms with van der Waals surface area (Å²) in [5, 5.41) is 4.12. The SMILES string of the molecule is Cl.Clc1ccc(Br)c2c1CNC2. The van der Waals surface area contributed by atoms with E-state index in [0.717, 1.165) is 22.6 Å². The van der Waals surface area contributed by atoms with E-state index in [-0.39, 0.29) is 12.4 Å². The van der Waals surface area contributed by atoms with Crippen LogP contribution >= 0.6 is 39.9 Å². The van der Waals surface area contributed by atoms with Crippen LogP contribution in [0.15, 0.2) is 16.6 Å². The van der Waals surface area contributed by atoms with Gasteiger partial charge in [0.25, 0.3) is 0 Å². The number of rotatable bonds is 0. The van der Waals surface area contributed by atoms with Gasteiger partial charge in [-0.25, -0.2) is 0 Å². The second kappa shape index (κ2) is 3.97. The van der Waals surface area contributed by atoms with Crippen LogP contribution in [0.1, 0.15) is 11.1 Å². The van der Waals surface area contributed by atoms with Gasteiger partial charge in [-0.15, -0.1) is 12.4 Å². The van der Waals surface area contributed by atoms with Crippen LogP contribution in [0.4, 0.5) is 0 Å². The number of halogens is 3. The van der Waals surface area contributed by atoms with Crippen LogP contribution in [0, 0.1) is 0 Å². The standard InChI is InChI=1S/C8H7BrClN.ClH/c9-7-1-2-8(10)6-4-11-3-5(6)7;/h1-2,11H,3-4H2;1H. The highest BCUT2D eigenvalue weighted by Gasteiger charge is 2.15. The Kier molecular flexibility index (Phi) is 3.41. The zero-order valence-electron chi connectivity index (χ0n) is 6.23. The van der Waals surface area contributed by atoms with Crippen molar-refractivity contribution in [3.8, 4) is 0 Å². The Morgan fingerprint density at radius 2 is 1.92 bits per heavy atom. The van der Waals surface area contributed by atoms with Gasteiger partial charge < -0.3 is 5.32 Å². The zero-order chi connectivity index (χ0) is 7.84. The fourth-order valence-electron chi connectivity index (χ4n) is 1.33. The minimum absolute atomic E-state index is 0. The summed E-state index contributed by atoms with van der Waals surface area (Å²) in [4.78, 5) is 0. The smallest absolute Gasteiger partial charge is 0.0454 e. The van der Waals surface area contributed by atoms with Crippen LogP contribution in [0.25, 0.3) is 0 Å². The highest BCUT2D eigenvalue weighted by molar-refractivity contribution is 9.10. The Morgan fingerprint density at radius 1 is 1.25 bits per heavy atom. The summed E-state index contributed by atoms with van der Waals surface area (Å²) in [7, 11) is 0. The van der Waals surface area contributed by atoms with Crippen molar-refractivity contribution in [2.75, 3.05) is 0 Å². The predicted molar refractivity (Wildman–Crippen MR) is 56.9 cm³/mol. The molecule has 0 unspecified atom stereocenters. The minimum Gasteiger partial charge on any atom is -0.308 e. The lowest BCUT2D eigenvalue weighted by atomic mass is 10.1. The van der Waals surface area contributed by atoms with E-state index in [9.17, 15) is 0 Å². The summed E-state index contributed by atoms with van der Waals surface area (Å²) in [5.41, 5.74) is 2.54. The maximum absolute atomic E-state index is 5.98. The number of hydrogen-bond acceptors (Lipinski definition) is 1. The molecule has 1 aromatic rings. The lowest BCUT2D eigenvalue weighted by molar-refractivity contribution is 0.764. The van der Waals surface area contributed by atoms with Crippen LogP contribution in [-0.2, 0) is 13.1 Å². The molecule has 1 heterocycles. The summed E-state index contributed by atoms with van der Waals surface area (Å²) >= 11 is 9.46. The first-order valence-corrected chi connectivity index (χ1v) is 4.62. The van der Waals surface area contributed by atoms with Gasteiger partial charge in [0.15, 0.2) is 0 Å². The quantitative estimate of drug-likeness (QED) is 0.762. The van der Waals surface area contributed by atoms with E-state index in [2.05, 4.69) is 21.2 Å². The number of hydrogen-bond donors (Lipinski definition) is 1. The molecule has 1 nitrogen and oxygen atoms in total. The molecule has 0 aromatic heterocycles. The Hall–Kier alpha value is 0.240. The fraction of sp³-hybridized carbons (Fsp3) is 0.250. The Bertz CT molecular complexity index is 272. The van der Waals surface area contributed by atoms with Gasteiger partial charge in [-0.2, -0.15) is 0 Å². The van der Waals surface area contributed by atoms with Crippen LogP contribution in [-0.4, -0.2) is 0 Å². The Balaban J connectivity index is 0.000000720. The molecule has 0 atom stereocenters. The Morgan fingerprint density at radius 3 is 2.58 bits per heavy atom. The lowest BCUT2D eigenvalue weighted by Gasteiger charge is -2.01. The topological polar surface area (TPSA) is 12.0 Å². The molecule has 0 amide bonds. The van der Waals surface area contributed by atoms with Gasteiger partial charge in [-0.3, -0.25) is 0 Å². The largest absolute Gasteiger partial charge is 0.308 e. The molecular weight excluding hydrogens is 261 g/mol. The molecule has 0 saturated carbocycles. The van der Waals surface area contributed by atoms with Gasteiger partial charge >= 0.3 is 0 Å². The molecule has 0 spiro atoms. The molecule has 66 valence electrons. The van der Waals surface area contributed by atoms with Crippen molar-refractivity contribution in [1.29, 1.82) is 0 Å². The average molecular weight is 269 g/mol. The van der Waals surface area contributed by atoms with Crippen LogP contribution in [0.5, 0.6) is 0 Å². The fourth-order valence-corrected chi connectivity index (χ4v) is 2.09. The third-order valence-corrected chi connectivity index (χ3v) is 3.02. The molecule has 1 aromatic carbocycles. The summed E-state index contributed by atoms with van der Waals surface area (Å²) < 4.78 is 1.15. The van der Waals surface area contributed by atoms with E-state index in [1.807, 2.05) is 12.1 Å². The lowest BCUT2D eigenvalue weighted by Crippen LogP contribution is -2.00. The van der Waals surface area contributed by atoms with Gasteiger partial charge in [-0.05, 0) is 23.3 Å². The number of nitrogens with one attached hydrogen (secondary N) is 1. The summed E-state index contributed by atoms with van der Waals surface area (Å²) in [6.45, 7) is 1.82. The first kappa shape index (κ1) is 10.3. The van der Waals surface area contributed by atoms with Crippen molar-refractivity contribution in [3.05, 3.63) is 32.8 Å². The van der Waals surface area contributed by atoms with Crippen molar-refractivity contribution in [2.24, 2.45) is 0 Å². The molecular formula is C8H8BrCl2N. The highest BCUT2D eigenvalue weighted by atomic mass is 79.9. The minimum atomic E-state index is 0. The monoisotopic (exact) mass is 267 g/mol.